The van der Waals surface area contributed by atoms with Gasteiger partial charge >= 0.3 is 0 Å². The first-order valence-electron chi connectivity index (χ1n) is 8.92. The van der Waals surface area contributed by atoms with Gasteiger partial charge in [0.2, 0.25) is 0 Å². The highest BCUT2D eigenvalue weighted by Gasteiger charge is 2.37. The maximum atomic E-state index is 8.20. The molecule has 0 aromatic carbocycles. The molecule has 0 unspecified atom stereocenters. The van der Waals surface area contributed by atoms with E-state index in [1.165, 1.54) is 6.42 Å². The highest BCUT2D eigenvalue weighted by molar-refractivity contribution is 4.97. The van der Waals surface area contributed by atoms with E-state index < -0.39 is 0 Å². The summed E-state index contributed by atoms with van der Waals surface area (Å²) in [4.78, 5) is 0. The number of hydrogen-bond donors (Lipinski definition) is 3. The number of rotatable bonds is 8. The van der Waals surface area contributed by atoms with Gasteiger partial charge in [-0.05, 0) is 67.0 Å². The van der Waals surface area contributed by atoms with Crippen LogP contribution in [0.15, 0.2) is 0 Å². The Hall–Kier alpha value is -0.160. The molecule has 1 rings (SSSR count). The lowest BCUT2D eigenvalue weighted by molar-refractivity contribution is -0.0221. The fourth-order valence-electron chi connectivity index (χ4n) is 3.21. The van der Waals surface area contributed by atoms with Gasteiger partial charge in [-0.25, -0.2) is 0 Å². The van der Waals surface area contributed by atoms with Crippen LogP contribution in [0.2, 0.25) is 0 Å². The Morgan fingerprint density at radius 1 is 1.09 bits per heavy atom. The van der Waals surface area contributed by atoms with Gasteiger partial charge < -0.3 is 20.5 Å². The van der Waals surface area contributed by atoms with E-state index in [1.807, 2.05) is 7.05 Å². The van der Waals surface area contributed by atoms with E-state index in [-0.39, 0.29) is 11.1 Å². The first-order chi connectivity index (χ1) is 10.3. The zero-order chi connectivity index (χ0) is 17.1. The summed E-state index contributed by atoms with van der Waals surface area (Å²) in [6, 6.07) is 0. The standard InChI is InChI=1S/C13H28N2O.C5H12O/c1-12(2)9-11(10-13(3,4)15-12)16-8-6-7-14-5;1-2-3-4-5-6/h11,14-15H,6-10H2,1-5H3;6H,2-5H2,1H3. The van der Waals surface area contributed by atoms with E-state index in [4.69, 9.17) is 9.84 Å². The first-order valence-corrected chi connectivity index (χ1v) is 8.92. The topological polar surface area (TPSA) is 53.5 Å². The van der Waals surface area contributed by atoms with Crippen molar-refractivity contribution in [2.75, 3.05) is 26.8 Å². The van der Waals surface area contributed by atoms with Crippen LogP contribution in [0.5, 0.6) is 0 Å². The molecule has 1 aliphatic heterocycles. The van der Waals surface area contributed by atoms with Crippen LogP contribution in [-0.2, 0) is 4.74 Å². The third kappa shape index (κ3) is 11.4. The maximum Gasteiger partial charge on any atom is 0.0609 e. The predicted molar refractivity (Wildman–Crippen MR) is 95.4 cm³/mol. The van der Waals surface area contributed by atoms with Crippen molar-refractivity contribution >= 4 is 0 Å². The van der Waals surface area contributed by atoms with Crippen LogP contribution in [0.3, 0.4) is 0 Å². The zero-order valence-corrected chi connectivity index (χ0v) is 15.8. The number of ether oxygens (including phenoxy) is 1. The van der Waals surface area contributed by atoms with Crippen molar-refractivity contribution in [1.82, 2.24) is 10.6 Å². The summed E-state index contributed by atoms with van der Waals surface area (Å²) in [6.07, 6.45) is 7.05. The van der Waals surface area contributed by atoms with Crippen molar-refractivity contribution in [3.8, 4) is 0 Å². The fourth-order valence-corrected chi connectivity index (χ4v) is 3.21. The van der Waals surface area contributed by atoms with E-state index in [1.54, 1.807) is 0 Å². The Kier molecular flexibility index (Phi) is 11.3. The summed E-state index contributed by atoms with van der Waals surface area (Å²) in [5.74, 6) is 0. The molecule has 3 N–H and O–H groups in total. The van der Waals surface area contributed by atoms with Gasteiger partial charge in [0.25, 0.3) is 0 Å². The van der Waals surface area contributed by atoms with Gasteiger partial charge in [-0.15, -0.1) is 0 Å². The molecule has 0 bridgehead atoms. The second-order valence-corrected chi connectivity index (χ2v) is 7.68. The summed E-state index contributed by atoms with van der Waals surface area (Å²) in [7, 11) is 1.98. The lowest BCUT2D eigenvalue weighted by Gasteiger charge is -2.46. The Labute approximate surface area is 138 Å². The molecule has 0 aliphatic carbocycles. The van der Waals surface area contributed by atoms with Gasteiger partial charge in [-0.2, -0.15) is 0 Å². The van der Waals surface area contributed by atoms with E-state index in [9.17, 15) is 0 Å². The quantitative estimate of drug-likeness (QED) is 0.602. The maximum absolute atomic E-state index is 8.20. The Morgan fingerprint density at radius 3 is 2.09 bits per heavy atom. The van der Waals surface area contributed by atoms with Crippen molar-refractivity contribution in [1.29, 1.82) is 0 Å². The summed E-state index contributed by atoms with van der Waals surface area (Å²) >= 11 is 0. The second kappa shape index (κ2) is 11.4. The van der Waals surface area contributed by atoms with E-state index >= 15 is 0 Å². The Morgan fingerprint density at radius 2 is 1.68 bits per heavy atom. The summed E-state index contributed by atoms with van der Waals surface area (Å²) in [5.41, 5.74) is 0.380. The smallest absolute Gasteiger partial charge is 0.0609 e. The Balaban J connectivity index is 0.000000626. The molecule has 4 heteroatoms. The van der Waals surface area contributed by atoms with Gasteiger partial charge in [-0.3, -0.25) is 0 Å². The molecule has 0 aromatic rings. The fraction of sp³-hybridized carbons (Fsp3) is 1.00. The van der Waals surface area contributed by atoms with E-state index in [2.05, 4.69) is 45.3 Å². The molecular weight excluding hydrogens is 276 g/mol. The molecule has 1 fully saturated rings. The van der Waals surface area contributed by atoms with Crippen LogP contribution < -0.4 is 10.6 Å². The van der Waals surface area contributed by atoms with Gasteiger partial charge in [0, 0.05) is 24.3 Å². The molecule has 0 aromatic heterocycles. The summed E-state index contributed by atoms with van der Waals surface area (Å²) in [6.45, 7) is 13.4. The zero-order valence-electron chi connectivity index (χ0n) is 15.8. The van der Waals surface area contributed by atoms with E-state index in [0.29, 0.717) is 12.7 Å². The molecule has 134 valence electrons. The monoisotopic (exact) mass is 316 g/mol. The highest BCUT2D eigenvalue weighted by atomic mass is 16.5. The van der Waals surface area contributed by atoms with E-state index in [0.717, 1.165) is 45.3 Å². The van der Waals surface area contributed by atoms with Crippen molar-refractivity contribution in [2.24, 2.45) is 0 Å². The molecule has 0 spiro atoms. The first kappa shape index (κ1) is 21.8. The van der Waals surface area contributed by atoms with Crippen LogP contribution in [0.25, 0.3) is 0 Å². The largest absolute Gasteiger partial charge is 0.396 e. The molecule has 1 heterocycles. The van der Waals surface area contributed by atoms with Gasteiger partial charge in [0.05, 0.1) is 6.10 Å². The number of hydrogen-bond acceptors (Lipinski definition) is 4. The number of nitrogens with one attached hydrogen (secondary N) is 2. The summed E-state index contributed by atoms with van der Waals surface area (Å²) in [5, 5.41) is 15.0. The number of piperidine rings is 1. The normalized spacial score (nSPS) is 20.3. The Bertz CT molecular complexity index is 248. The molecule has 0 amide bonds. The van der Waals surface area contributed by atoms with Crippen molar-refractivity contribution in [2.45, 2.75) is 90.3 Å². The van der Waals surface area contributed by atoms with Crippen LogP contribution in [-0.4, -0.2) is 49.1 Å². The number of unbranched alkanes of at least 4 members (excludes halogenated alkanes) is 2. The highest BCUT2D eigenvalue weighted by Crippen LogP contribution is 2.30. The van der Waals surface area contributed by atoms with Crippen LogP contribution in [0, 0.1) is 0 Å². The number of aliphatic hydroxyl groups is 1. The number of aliphatic hydroxyl groups excluding tert-OH is 1. The SMILES string of the molecule is CCCCCO.CNCCCOC1CC(C)(C)NC(C)(C)C1. The van der Waals surface area contributed by atoms with Crippen LogP contribution >= 0.6 is 0 Å². The molecule has 4 nitrogen and oxygen atoms in total. The molecule has 1 aliphatic rings. The van der Waals surface area contributed by atoms with Crippen LogP contribution in [0.1, 0.15) is 73.1 Å². The van der Waals surface area contributed by atoms with Crippen LogP contribution in [0.4, 0.5) is 0 Å². The molecular formula is C18H40N2O2. The average molecular weight is 317 g/mol. The van der Waals surface area contributed by atoms with Gasteiger partial charge in [0.15, 0.2) is 0 Å². The minimum Gasteiger partial charge on any atom is -0.396 e. The molecule has 22 heavy (non-hydrogen) atoms. The van der Waals surface area contributed by atoms with Crippen molar-refractivity contribution in [3.63, 3.8) is 0 Å². The molecule has 0 saturated carbocycles. The lowest BCUT2D eigenvalue weighted by Crippen LogP contribution is -2.59. The molecule has 1 saturated heterocycles. The summed E-state index contributed by atoms with van der Waals surface area (Å²) < 4.78 is 5.98. The van der Waals surface area contributed by atoms with Gasteiger partial charge in [-0.1, -0.05) is 19.8 Å². The lowest BCUT2D eigenvalue weighted by atomic mass is 9.81. The molecule has 0 radical (unpaired) electrons. The minimum absolute atomic E-state index is 0.190. The third-order valence-electron chi connectivity index (χ3n) is 3.84. The third-order valence-corrected chi connectivity index (χ3v) is 3.84. The second-order valence-electron chi connectivity index (χ2n) is 7.68. The van der Waals surface area contributed by atoms with Crippen molar-refractivity contribution in [3.05, 3.63) is 0 Å². The van der Waals surface area contributed by atoms with Crippen molar-refractivity contribution < 1.29 is 9.84 Å². The average Bonchev–Trinajstić information content (AvgIpc) is 2.38. The minimum atomic E-state index is 0.190. The van der Waals surface area contributed by atoms with Gasteiger partial charge in [0.1, 0.15) is 0 Å². The molecule has 0 atom stereocenters. The predicted octanol–water partition coefficient (Wildman–Crippen LogP) is 3.09.